The summed E-state index contributed by atoms with van der Waals surface area (Å²) in [6.07, 6.45) is 1.63. The van der Waals surface area contributed by atoms with Gasteiger partial charge in [-0.2, -0.15) is 0 Å². The topological polar surface area (TPSA) is 127 Å². The van der Waals surface area contributed by atoms with E-state index in [2.05, 4.69) is 21.2 Å². The number of thioether (sulfide) groups is 1. The van der Waals surface area contributed by atoms with Crippen molar-refractivity contribution in [3.63, 3.8) is 0 Å². The Hall–Kier alpha value is -2.41. The SMILES string of the molecule is CSc1sc(C(=O)O)cc1S(=O)(=O)c1cc(Br)c(Nc2ccccc2)c([N+](=O)[O-])c1. The van der Waals surface area contributed by atoms with Crippen molar-refractivity contribution in [2.24, 2.45) is 0 Å². The molecule has 0 atom stereocenters. The smallest absolute Gasteiger partial charge is 0.345 e. The molecule has 0 spiro atoms. The summed E-state index contributed by atoms with van der Waals surface area (Å²) >= 11 is 5.15. The monoisotopic (exact) mass is 528 g/mol. The summed E-state index contributed by atoms with van der Waals surface area (Å²) < 4.78 is 26.8. The second kappa shape index (κ2) is 8.76. The number of sulfone groups is 1. The first-order chi connectivity index (χ1) is 14.1. The maximum absolute atomic E-state index is 13.2. The number of carboxylic acids is 1. The molecule has 2 N–H and O–H groups in total. The molecule has 0 amide bonds. The van der Waals surface area contributed by atoms with Crippen LogP contribution in [0, 0.1) is 10.1 Å². The van der Waals surface area contributed by atoms with Gasteiger partial charge >= 0.3 is 5.97 Å². The lowest BCUT2D eigenvalue weighted by Gasteiger charge is -2.12. The molecule has 0 bridgehead atoms. The highest BCUT2D eigenvalue weighted by Crippen LogP contribution is 2.41. The van der Waals surface area contributed by atoms with E-state index >= 15 is 0 Å². The fraction of sp³-hybridized carbons (Fsp3) is 0.0556. The maximum Gasteiger partial charge on any atom is 0.345 e. The van der Waals surface area contributed by atoms with Crippen molar-refractivity contribution in [3.8, 4) is 0 Å². The van der Waals surface area contributed by atoms with Crippen LogP contribution in [-0.4, -0.2) is 30.7 Å². The second-order valence-corrected chi connectivity index (χ2v) is 10.7. The molecule has 0 aliphatic carbocycles. The summed E-state index contributed by atoms with van der Waals surface area (Å²) in [5.74, 6) is -1.24. The average molecular weight is 529 g/mol. The zero-order valence-corrected chi connectivity index (χ0v) is 19.2. The van der Waals surface area contributed by atoms with E-state index in [0.29, 0.717) is 5.69 Å². The zero-order chi connectivity index (χ0) is 22.1. The van der Waals surface area contributed by atoms with Crippen molar-refractivity contribution >= 4 is 71.9 Å². The Labute approximate surface area is 188 Å². The summed E-state index contributed by atoms with van der Waals surface area (Å²) in [5, 5.41) is 23.8. The number of benzene rings is 2. The number of thiophene rings is 1. The van der Waals surface area contributed by atoms with Crippen LogP contribution in [0.2, 0.25) is 0 Å². The third-order valence-corrected chi connectivity index (χ3v) is 8.84. The molecule has 0 radical (unpaired) electrons. The highest BCUT2D eigenvalue weighted by atomic mass is 79.9. The number of aromatic carboxylic acids is 1. The van der Waals surface area contributed by atoms with Gasteiger partial charge in [-0.3, -0.25) is 10.1 Å². The molecule has 2 aromatic carbocycles. The number of hydrogen-bond acceptors (Lipinski definition) is 8. The normalized spacial score (nSPS) is 11.3. The molecule has 1 heterocycles. The van der Waals surface area contributed by atoms with Crippen LogP contribution in [0.5, 0.6) is 0 Å². The van der Waals surface area contributed by atoms with Crippen molar-refractivity contribution in [1.29, 1.82) is 0 Å². The highest BCUT2D eigenvalue weighted by Gasteiger charge is 2.30. The van der Waals surface area contributed by atoms with Gasteiger partial charge in [-0.05, 0) is 46.5 Å². The first-order valence-electron chi connectivity index (χ1n) is 8.11. The fourth-order valence-corrected chi connectivity index (χ4v) is 7.16. The standard InChI is InChI=1S/C18H13BrN2O6S3/c1-28-18-15(9-14(29-18)17(22)23)30(26,27)11-7-12(19)16(13(8-11)21(24)25)20-10-5-3-2-4-6-10/h2-9,20H,1H3,(H,22,23). The molecule has 1 aromatic heterocycles. The van der Waals surface area contributed by atoms with Gasteiger partial charge in [-0.15, -0.1) is 23.1 Å². The predicted molar refractivity (Wildman–Crippen MR) is 119 cm³/mol. The quantitative estimate of drug-likeness (QED) is 0.236. The number of halogens is 1. The average Bonchev–Trinajstić information content (AvgIpc) is 3.15. The molecule has 12 heteroatoms. The minimum Gasteiger partial charge on any atom is -0.477 e. The van der Waals surface area contributed by atoms with Crippen molar-refractivity contribution in [2.75, 3.05) is 11.6 Å². The summed E-state index contributed by atoms with van der Waals surface area (Å²) in [7, 11) is -4.20. The van der Waals surface area contributed by atoms with E-state index in [1.165, 1.54) is 6.07 Å². The van der Waals surface area contributed by atoms with Crippen molar-refractivity contribution in [2.45, 2.75) is 14.0 Å². The molecular weight excluding hydrogens is 516 g/mol. The second-order valence-electron chi connectivity index (χ2n) is 5.82. The van der Waals surface area contributed by atoms with Crippen LogP contribution in [-0.2, 0) is 9.84 Å². The Balaban J connectivity index is 2.15. The van der Waals surface area contributed by atoms with E-state index in [1.807, 2.05) is 0 Å². The Morgan fingerprint density at radius 3 is 2.47 bits per heavy atom. The van der Waals surface area contributed by atoms with Crippen LogP contribution in [0.4, 0.5) is 17.1 Å². The molecule has 3 rings (SSSR count). The Bertz CT molecular complexity index is 1240. The van der Waals surface area contributed by atoms with E-state index < -0.39 is 26.4 Å². The molecule has 0 fully saturated rings. The maximum atomic E-state index is 13.2. The van der Waals surface area contributed by atoms with Gasteiger partial charge < -0.3 is 10.4 Å². The van der Waals surface area contributed by atoms with Crippen molar-refractivity contribution in [1.82, 2.24) is 0 Å². The number of rotatable bonds is 7. The van der Waals surface area contributed by atoms with Gasteiger partial charge in [-0.1, -0.05) is 18.2 Å². The van der Waals surface area contributed by atoms with Crippen LogP contribution in [0.3, 0.4) is 0 Å². The van der Waals surface area contributed by atoms with Crippen molar-refractivity contribution in [3.05, 3.63) is 68.0 Å². The number of anilines is 2. The van der Waals surface area contributed by atoms with Gasteiger partial charge in [0.25, 0.3) is 5.69 Å². The first kappa shape index (κ1) is 22.3. The van der Waals surface area contributed by atoms with Gasteiger partial charge in [0.1, 0.15) is 10.6 Å². The van der Waals surface area contributed by atoms with Gasteiger partial charge in [0.15, 0.2) is 0 Å². The minimum atomic E-state index is -4.20. The molecular formula is C18H13BrN2O6S3. The van der Waals surface area contributed by atoms with Gasteiger partial charge in [0, 0.05) is 16.2 Å². The van der Waals surface area contributed by atoms with E-state index in [-0.39, 0.29) is 29.0 Å². The number of carboxylic acid groups (broad SMARTS) is 1. The predicted octanol–water partition coefficient (Wildman–Crippen LogP) is 5.42. The lowest BCUT2D eigenvalue weighted by Crippen LogP contribution is -2.05. The number of hydrogen-bond donors (Lipinski definition) is 2. The summed E-state index contributed by atoms with van der Waals surface area (Å²) in [6, 6.07) is 12.0. The van der Waals surface area contributed by atoms with Gasteiger partial charge in [-0.25, -0.2) is 13.2 Å². The third-order valence-electron chi connectivity index (χ3n) is 3.94. The lowest BCUT2D eigenvalue weighted by atomic mass is 10.2. The molecule has 0 aliphatic heterocycles. The number of nitrogens with one attached hydrogen (secondary N) is 1. The molecule has 0 unspecified atom stereocenters. The van der Waals surface area contributed by atoms with Crippen molar-refractivity contribution < 1.29 is 23.2 Å². The molecule has 0 saturated heterocycles. The van der Waals surface area contributed by atoms with E-state index in [1.54, 1.807) is 36.6 Å². The van der Waals surface area contributed by atoms with E-state index in [4.69, 9.17) is 0 Å². The van der Waals surface area contributed by atoms with E-state index in [0.717, 1.165) is 35.2 Å². The molecule has 3 aromatic rings. The van der Waals surface area contributed by atoms with Crippen LogP contribution in [0.25, 0.3) is 0 Å². The van der Waals surface area contributed by atoms with E-state index in [9.17, 15) is 28.4 Å². The summed E-state index contributed by atoms with van der Waals surface area (Å²) in [6.45, 7) is 0. The van der Waals surface area contributed by atoms with Crippen LogP contribution in [0.15, 0.2) is 67.0 Å². The third kappa shape index (κ3) is 4.36. The number of para-hydroxylation sites is 1. The minimum absolute atomic E-state index is 0.104. The number of nitro groups is 1. The first-order valence-corrected chi connectivity index (χ1v) is 12.4. The zero-order valence-electron chi connectivity index (χ0n) is 15.2. The lowest BCUT2D eigenvalue weighted by molar-refractivity contribution is -0.384. The molecule has 30 heavy (non-hydrogen) atoms. The number of nitro benzene ring substituents is 1. The molecule has 0 saturated carbocycles. The molecule has 0 aliphatic rings. The fourth-order valence-electron chi connectivity index (χ4n) is 2.58. The Kier molecular flexibility index (Phi) is 6.50. The number of nitrogens with zero attached hydrogens (tertiary/aromatic N) is 1. The summed E-state index contributed by atoms with van der Waals surface area (Å²) in [4.78, 5) is 21.6. The Morgan fingerprint density at radius 1 is 1.23 bits per heavy atom. The van der Waals surface area contributed by atoms with Gasteiger partial charge in [0.05, 0.1) is 18.9 Å². The molecule has 8 nitrogen and oxygen atoms in total. The summed E-state index contributed by atoms with van der Waals surface area (Å²) in [5.41, 5.74) is 0.253. The van der Waals surface area contributed by atoms with Crippen LogP contribution in [0.1, 0.15) is 9.67 Å². The molecule has 156 valence electrons. The highest BCUT2D eigenvalue weighted by molar-refractivity contribution is 9.10. The Morgan fingerprint density at radius 2 is 1.90 bits per heavy atom. The van der Waals surface area contributed by atoms with Gasteiger partial charge in [0.2, 0.25) is 9.84 Å². The van der Waals surface area contributed by atoms with Crippen LogP contribution < -0.4 is 5.32 Å². The largest absolute Gasteiger partial charge is 0.477 e. The van der Waals surface area contributed by atoms with Crippen LogP contribution >= 0.6 is 39.0 Å². The number of carbonyl (C=O) groups is 1.